The van der Waals surface area contributed by atoms with Gasteiger partial charge in [-0.2, -0.15) is 0 Å². The number of aliphatic hydroxyl groups is 1. The first kappa shape index (κ1) is 39.0. The molecule has 1 unspecified atom stereocenters. The second-order valence-electron chi connectivity index (χ2n) is 14.7. The fourth-order valence-corrected chi connectivity index (χ4v) is 6.50. The number of carbonyl (C=O) groups excluding carboxylic acids is 1. The first-order chi connectivity index (χ1) is 26.5. The zero-order valence-electron chi connectivity index (χ0n) is 32.9. The van der Waals surface area contributed by atoms with Crippen molar-refractivity contribution in [2.24, 2.45) is 0 Å². The third-order valence-electron chi connectivity index (χ3n) is 9.37. The Labute approximate surface area is 323 Å². The van der Waals surface area contributed by atoms with Gasteiger partial charge in [0.2, 0.25) is 0 Å². The van der Waals surface area contributed by atoms with Crippen LogP contribution in [0.2, 0.25) is 0 Å². The average molecular weight is 749 g/mol. The van der Waals surface area contributed by atoms with Gasteiger partial charge in [-0.25, -0.2) is 24.3 Å². The third-order valence-corrected chi connectivity index (χ3v) is 9.37. The quantitative estimate of drug-likeness (QED) is 0.134. The lowest BCUT2D eigenvalue weighted by Gasteiger charge is -2.36. The first-order valence-electron chi connectivity index (χ1n) is 18.8. The van der Waals surface area contributed by atoms with Gasteiger partial charge in [-0.05, 0) is 87.2 Å². The number of nitrogens with zero attached hydrogens (tertiary/aromatic N) is 8. The summed E-state index contributed by atoms with van der Waals surface area (Å²) in [6.07, 6.45) is 7.86. The molecule has 1 amide bonds. The summed E-state index contributed by atoms with van der Waals surface area (Å²) in [5.74, 6) is 3.52. The number of carbonyl (C=O) groups is 1. The minimum absolute atomic E-state index is 0.302. The molecule has 1 N–H and O–H groups in total. The van der Waals surface area contributed by atoms with Crippen LogP contribution < -0.4 is 19.3 Å². The molecule has 3 aromatic heterocycles. The number of unbranched alkanes of at least 4 members (excludes halogenated alkanes) is 1. The highest BCUT2D eigenvalue weighted by molar-refractivity contribution is 5.69. The molecule has 0 radical (unpaired) electrons. The van der Waals surface area contributed by atoms with E-state index in [-0.39, 0.29) is 6.09 Å². The lowest BCUT2D eigenvalue weighted by molar-refractivity contribution is 0.0240. The van der Waals surface area contributed by atoms with Crippen molar-refractivity contribution in [3.63, 3.8) is 0 Å². The van der Waals surface area contributed by atoms with E-state index in [4.69, 9.17) is 34.3 Å². The maximum atomic E-state index is 12.6. The molecule has 1 aliphatic heterocycles. The molecule has 0 spiro atoms. The highest BCUT2D eigenvalue weighted by Gasteiger charge is 2.28. The molecule has 13 nitrogen and oxygen atoms in total. The normalized spacial score (nSPS) is 14.0. The van der Waals surface area contributed by atoms with Crippen LogP contribution in [0.5, 0.6) is 11.5 Å². The molecular formula is C42H52N8O5. The van der Waals surface area contributed by atoms with Gasteiger partial charge in [0.25, 0.3) is 0 Å². The van der Waals surface area contributed by atoms with Crippen molar-refractivity contribution in [2.75, 3.05) is 50.2 Å². The van der Waals surface area contributed by atoms with Crippen LogP contribution in [0.3, 0.4) is 0 Å². The van der Waals surface area contributed by atoms with Crippen LogP contribution in [-0.2, 0) is 17.8 Å². The fourth-order valence-electron chi connectivity index (χ4n) is 6.50. The highest BCUT2D eigenvalue weighted by atomic mass is 16.6. The summed E-state index contributed by atoms with van der Waals surface area (Å²) < 4.78 is 18.1. The Morgan fingerprint density at radius 3 is 2.09 bits per heavy atom. The number of amides is 1. The predicted molar refractivity (Wildman–Crippen MR) is 214 cm³/mol. The Morgan fingerprint density at radius 1 is 0.927 bits per heavy atom. The molecular weight excluding hydrogens is 697 g/mol. The van der Waals surface area contributed by atoms with Gasteiger partial charge in [-0.1, -0.05) is 43.7 Å². The van der Waals surface area contributed by atoms with E-state index in [0.717, 1.165) is 46.8 Å². The van der Waals surface area contributed by atoms with Crippen molar-refractivity contribution in [3.05, 3.63) is 107 Å². The van der Waals surface area contributed by atoms with E-state index in [0.29, 0.717) is 67.8 Å². The number of aromatic nitrogens is 5. The zero-order valence-corrected chi connectivity index (χ0v) is 32.9. The molecule has 13 heteroatoms. The molecule has 0 bridgehead atoms. The molecule has 55 heavy (non-hydrogen) atoms. The summed E-state index contributed by atoms with van der Waals surface area (Å²) in [6, 6.07) is 17.9. The molecule has 290 valence electrons. The number of pyridine rings is 1. The van der Waals surface area contributed by atoms with Gasteiger partial charge >= 0.3 is 6.09 Å². The fraction of sp³-hybridized carbons (Fsp3) is 0.405. The number of rotatable bonds is 13. The summed E-state index contributed by atoms with van der Waals surface area (Å²) in [4.78, 5) is 33.4. The Hall–Kier alpha value is -5.69. The third kappa shape index (κ3) is 9.52. The number of imidazole rings is 1. The molecule has 1 saturated heterocycles. The molecule has 1 aliphatic rings. The topological polar surface area (TPSA) is 131 Å². The SMILES string of the molecule is CCC/C=C/c1nc(N(Cc2ccc(OC)cc2)Cc2ccc(OC)cc2)c2ncc(C(O)c3cnc(N4CCN(C(=O)OC(C)(C)C)CC4)c(C)c3)n2n1. The summed E-state index contributed by atoms with van der Waals surface area (Å²) in [6.45, 7) is 13.1. The van der Waals surface area contributed by atoms with Gasteiger partial charge in [0.05, 0.1) is 26.1 Å². The van der Waals surface area contributed by atoms with Crippen molar-refractivity contribution in [1.29, 1.82) is 0 Å². The van der Waals surface area contributed by atoms with Crippen LogP contribution in [0.1, 0.15) is 80.4 Å². The number of hydrogen-bond donors (Lipinski definition) is 1. The molecule has 2 aromatic carbocycles. The summed E-state index contributed by atoms with van der Waals surface area (Å²) >= 11 is 0. The molecule has 4 heterocycles. The Bertz CT molecular complexity index is 2040. The molecule has 5 aromatic rings. The number of aliphatic hydroxyl groups excluding tert-OH is 1. The molecule has 6 rings (SSSR count). The van der Waals surface area contributed by atoms with Gasteiger partial charge in [0.15, 0.2) is 17.3 Å². The molecule has 0 saturated carbocycles. The Balaban J connectivity index is 1.32. The highest BCUT2D eigenvalue weighted by Crippen LogP contribution is 2.30. The maximum Gasteiger partial charge on any atom is 0.410 e. The van der Waals surface area contributed by atoms with Crippen LogP contribution in [0, 0.1) is 6.92 Å². The van der Waals surface area contributed by atoms with Gasteiger partial charge in [-0.15, -0.1) is 5.10 Å². The number of anilines is 2. The smallest absolute Gasteiger partial charge is 0.410 e. The lowest BCUT2D eigenvalue weighted by atomic mass is 10.1. The van der Waals surface area contributed by atoms with Crippen LogP contribution in [-0.4, -0.2) is 86.7 Å². The molecule has 1 atom stereocenters. The van der Waals surface area contributed by atoms with Crippen molar-refractivity contribution >= 4 is 29.5 Å². The van der Waals surface area contributed by atoms with Gasteiger partial charge in [0, 0.05) is 51.0 Å². The van der Waals surface area contributed by atoms with Crippen LogP contribution >= 0.6 is 0 Å². The lowest BCUT2D eigenvalue weighted by Crippen LogP contribution is -2.50. The van der Waals surface area contributed by atoms with Crippen LogP contribution in [0.15, 0.2) is 73.1 Å². The number of benzene rings is 2. The monoisotopic (exact) mass is 748 g/mol. The average Bonchev–Trinajstić information content (AvgIpc) is 3.61. The standard InChI is InChI=1S/C42H52N8O5/c1-8-9-10-11-36-45-40(49(27-30-12-16-33(53-6)17-13-30)28-31-14-18-34(54-7)19-15-31)39-44-26-35(50(39)46-36)37(51)32-24-29(2)38(43-25-32)47-20-22-48(23-21-47)41(52)55-42(3,4)5/h10-19,24-26,37,51H,8-9,20-23,27-28H2,1-7H3/b11-10+. The van der Waals surface area contributed by atoms with Crippen molar-refractivity contribution in [3.8, 4) is 11.5 Å². The van der Waals surface area contributed by atoms with E-state index in [9.17, 15) is 9.90 Å². The van der Waals surface area contributed by atoms with Crippen LogP contribution in [0.25, 0.3) is 11.7 Å². The van der Waals surface area contributed by atoms with Gasteiger partial charge in [-0.3, -0.25) is 0 Å². The number of piperazine rings is 1. The van der Waals surface area contributed by atoms with E-state index in [1.807, 2.05) is 88.4 Å². The van der Waals surface area contributed by atoms with E-state index >= 15 is 0 Å². The van der Waals surface area contributed by atoms with Crippen molar-refractivity contribution in [2.45, 2.75) is 72.3 Å². The van der Waals surface area contributed by atoms with E-state index in [2.05, 4.69) is 22.8 Å². The minimum atomic E-state index is -1.06. The van der Waals surface area contributed by atoms with E-state index in [1.54, 1.807) is 36.0 Å². The summed E-state index contributed by atoms with van der Waals surface area (Å²) in [5.41, 5.74) is 4.14. The Kier molecular flexibility index (Phi) is 12.2. The van der Waals surface area contributed by atoms with E-state index in [1.165, 1.54) is 0 Å². The first-order valence-corrected chi connectivity index (χ1v) is 18.8. The Morgan fingerprint density at radius 2 is 1.55 bits per heavy atom. The van der Waals surface area contributed by atoms with Crippen molar-refractivity contribution < 1.29 is 24.1 Å². The van der Waals surface area contributed by atoms with Crippen LogP contribution in [0.4, 0.5) is 16.4 Å². The number of fused-ring (bicyclic) bond motifs is 1. The number of allylic oxidation sites excluding steroid dienone is 1. The van der Waals surface area contributed by atoms with Gasteiger partial charge in [0.1, 0.15) is 29.0 Å². The number of methoxy groups -OCH3 is 2. The molecule has 1 fully saturated rings. The van der Waals surface area contributed by atoms with E-state index < -0.39 is 11.7 Å². The second-order valence-corrected chi connectivity index (χ2v) is 14.7. The second kappa shape index (κ2) is 17.2. The maximum absolute atomic E-state index is 12.6. The largest absolute Gasteiger partial charge is 0.497 e. The van der Waals surface area contributed by atoms with Crippen molar-refractivity contribution in [1.82, 2.24) is 29.5 Å². The molecule has 0 aliphatic carbocycles. The predicted octanol–water partition coefficient (Wildman–Crippen LogP) is 7.00. The summed E-state index contributed by atoms with van der Waals surface area (Å²) in [5, 5.41) is 16.8. The summed E-state index contributed by atoms with van der Waals surface area (Å²) in [7, 11) is 3.31. The van der Waals surface area contributed by atoms with Gasteiger partial charge < -0.3 is 34.0 Å². The number of hydrogen-bond acceptors (Lipinski definition) is 11. The minimum Gasteiger partial charge on any atom is -0.497 e. The number of aryl methyl sites for hydroxylation is 1. The number of ether oxygens (including phenoxy) is 3. The zero-order chi connectivity index (χ0) is 39.1.